The molecule has 0 spiro atoms. The average molecular weight is 296 g/mol. The smallest absolute Gasteiger partial charge is 0.0833 e. The van der Waals surface area contributed by atoms with Gasteiger partial charge >= 0.3 is 0 Å². The predicted octanol–water partition coefficient (Wildman–Crippen LogP) is 5.33. The van der Waals surface area contributed by atoms with E-state index in [1.54, 1.807) is 5.57 Å². The number of aryl methyl sites for hydroxylation is 1. The Hall–Kier alpha value is -1.34. The van der Waals surface area contributed by atoms with E-state index >= 15 is 0 Å². The van der Waals surface area contributed by atoms with Crippen LogP contribution in [0.25, 0.3) is 0 Å². The maximum Gasteiger partial charge on any atom is 0.0833 e. The molecule has 1 aromatic carbocycles. The molecule has 0 saturated carbocycles. The van der Waals surface area contributed by atoms with Crippen molar-refractivity contribution in [1.29, 1.82) is 0 Å². The van der Waals surface area contributed by atoms with Gasteiger partial charge in [0.05, 0.1) is 12.7 Å². The molecule has 1 aliphatic carbocycles. The van der Waals surface area contributed by atoms with Gasteiger partial charge in [0.1, 0.15) is 0 Å². The largest absolute Gasteiger partial charge is 0.369 e. The summed E-state index contributed by atoms with van der Waals surface area (Å²) < 4.78 is 6.13. The van der Waals surface area contributed by atoms with Gasteiger partial charge in [0.2, 0.25) is 0 Å². The molecule has 2 aliphatic rings. The number of allylic oxidation sites excluding steroid dienone is 2. The van der Waals surface area contributed by atoms with Crippen molar-refractivity contribution in [2.24, 2.45) is 10.8 Å². The number of rotatable bonds is 3. The van der Waals surface area contributed by atoms with E-state index in [4.69, 9.17) is 4.74 Å². The van der Waals surface area contributed by atoms with Crippen molar-refractivity contribution in [2.75, 3.05) is 6.61 Å². The van der Waals surface area contributed by atoms with Crippen molar-refractivity contribution in [2.45, 2.75) is 53.6 Å². The molecule has 0 radical (unpaired) electrons. The molecule has 0 bridgehead atoms. The topological polar surface area (TPSA) is 9.23 Å². The fourth-order valence-electron chi connectivity index (χ4n) is 4.40. The predicted molar refractivity (Wildman–Crippen MR) is 92.8 cm³/mol. The van der Waals surface area contributed by atoms with Gasteiger partial charge in [-0.15, -0.1) is 0 Å². The second-order valence-corrected chi connectivity index (χ2v) is 8.25. The third-order valence-corrected chi connectivity index (χ3v) is 4.87. The van der Waals surface area contributed by atoms with Crippen molar-refractivity contribution in [1.82, 2.24) is 0 Å². The summed E-state index contributed by atoms with van der Waals surface area (Å²) >= 11 is 0. The zero-order valence-electron chi connectivity index (χ0n) is 14.6. The third-order valence-electron chi connectivity index (χ3n) is 4.87. The van der Waals surface area contributed by atoms with E-state index in [1.807, 2.05) is 0 Å². The van der Waals surface area contributed by atoms with Crippen molar-refractivity contribution >= 4 is 0 Å². The Bertz CT molecular complexity index is 611. The first-order valence-electron chi connectivity index (χ1n) is 8.42. The van der Waals surface area contributed by atoms with Crippen LogP contribution in [0.3, 0.4) is 0 Å². The second kappa shape index (κ2) is 5.38. The van der Waals surface area contributed by atoms with Crippen molar-refractivity contribution in [3.05, 3.63) is 58.7 Å². The Balaban J connectivity index is 1.80. The second-order valence-electron chi connectivity index (χ2n) is 8.25. The van der Waals surface area contributed by atoms with E-state index in [0.29, 0.717) is 0 Å². The molecule has 1 fully saturated rings. The normalized spacial score (nSPS) is 23.7. The van der Waals surface area contributed by atoms with Crippen LogP contribution in [0.4, 0.5) is 0 Å². The van der Waals surface area contributed by atoms with Crippen LogP contribution in [0.2, 0.25) is 0 Å². The van der Waals surface area contributed by atoms with E-state index in [0.717, 1.165) is 19.4 Å². The summed E-state index contributed by atoms with van der Waals surface area (Å²) in [6.45, 7) is 12.5. The summed E-state index contributed by atoms with van der Waals surface area (Å²) in [5.74, 6) is 0. The van der Waals surface area contributed by atoms with E-state index in [2.05, 4.69) is 71.0 Å². The highest BCUT2D eigenvalue weighted by atomic mass is 16.5. The lowest BCUT2D eigenvalue weighted by Crippen LogP contribution is -2.23. The van der Waals surface area contributed by atoms with Crippen LogP contribution in [-0.2, 0) is 11.2 Å². The average Bonchev–Trinajstić information content (AvgIpc) is 2.90. The Morgan fingerprint density at radius 1 is 1.14 bits per heavy atom. The van der Waals surface area contributed by atoms with E-state index in [-0.39, 0.29) is 16.9 Å². The van der Waals surface area contributed by atoms with Gasteiger partial charge in [0, 0.05) is 5.41 Å². The Labute approximate surface area is 135 Å². The van der Waals surface area contributed by atoms with Gasteiger partial charge in [-0.1, -0.05) is 71.0 Å². The molecule has 1 aromatic rings. The molecule has 1 saturated heterocycles. The highest BCUT2D eigenvalue weighted by molar-refractivity contribution is 5.53. The highest BCUT2D eigenvalue weighted by Crippen LogP contribution is 2.52. The Morgan fingerprint density at radius 2 is 1.82 bits per heavy atom. The minimum atomic E-state index is 0.164. The Kier molecular flexibility index (Phi) is 3.81. The van der Waals surface area contributed by atoms with Crippen LogP contribution in [0.1, 0.15) is 46.6 Å². The molecule has 0 amide bonds. The van der Waals surface area contributed by atoms with Gasteiger partial charge in [-0.3, -0.25) is 0 Å². The van der Waals surface area contributed by atoms with Crippen LogP contribution in [0.15, 0.2) is 53.1 Å². The fraction of sp³-hybridized carbons (Fsp3) is 0.524. The first kappa shape index (κ1) is 15.6. The molecule has 1 unspecified atom stereocenters. The van der Waals surface area contributed by atoms with Gasteiger partial charge in [0.25, 0.3) is 0 Å². The first-order valence-corrected chi connectivity index (χ1v) is 8.42. The van der Waals surface area contributed by atoms with E-state index in [1.165, 1.54) is 16.7 Å². The summed E-state index contributed by atoms with van der Waals surface area (Å²) in [6, 6.07) is 10.7. The van der Waals surface area contributed by atoms with E-state index in [9.17, 15) is 0 Å². The number of hydrogen-bond acceptors (Lipinski definition) is 1. The zero-order valence-corrected chi connectivity index (χ0v) is 14.6. The SMILES string of the molecule is CC(C)(C)C1=C2COC(CCc3ccccc3)C2=CC1(C)C. The molecule has 3 rings (SSSR count). The van der Waals surface area contributed by atoms with Crippen LogP contribution < -0.4 is 0 Å². The molecule has 1 nitrogen and oxygen atoms in total. The van der Waals surface area contributed by atoms with Crippen LogP contribution in [0, 0.1) is 10.8 Å². The first-order chi connectivity index (χ1) is 10.3. The molecule has 22 heavy (non-hydrogen) atoms. The minimum absolute atomic E-state index is 0.164. The summed E-state index contributed by atoms with van der Waals surface area (Å²) in [5.41, 5.74) is 6.28. The molecule has 118 valence electrons. The summed E-state index contributed by atoms with van der Waals surface area (Å²) in [5, 5.41) is 0. The van der Waals surface area contributed by atoms with Gasteiger partial charge in [-0.05, 0) is 40.5 Å². The lowest BCUT2D eigenvalue weighted by Gasteiger charge is -2.33. The molecule has 0 aromatic heterocycles. The molecule has 1 heterocycles. The minimum Gasteiger partial charge on any atom is -0.369 e. The maximum absolute atomic E-state index is 6.13. The summed E-state index contributed by atoms with van der Waals surface area (Å²) in [7, 11) is 0. The Morgan fingerprint density at radius 3 is 2.45 bits per heavy atom. The maximum atomic E-state index is 6.13. The molecule has 0 N–H and O–H groups in total. The number of hydrogen-bond donors (Lipinski definition) is 0. The van der Waals surface area contributed by atoms with Crippen LogP contribution in [-0.4, -0.2) is 12.7 Å². The molecule has 1 heteroatoms. The van der Waals surface area contributed by atoms with Crippen LogP contribution in [0.5, 0.6) is 0 Å². The van der Waals surface area contributed by atoms with Gasteiger partial charge in [-0.25, -0.2) is 0 Å². The van der Waals surface area contributed by atoms with Crippen molar-refractivity contribution in [3.63, 3.8) is 0 Å². The van der Waals surface area contributed by atoms with Crippen molar-refractivity contribution < 1.29 is 4.74 Å². The highest BCUT2D eigenvalue weighted by Gasteiger charge is 2.43. The standard InChI is InChI=1S/C21H28O/c1-20(2,3)19-17-14-22-18(16(17)13-21(19,4)5)12-11-15-9-7-6-8-10-15/h6-10,13,18H,11-12,14H2,1-5H3. The van der Waals surface area contributed by atoms with Gasteiger partial charge in [0.15, 0.2) is 0 Å². The number of fused-ring (bicyclic) bond motifs is 1. The zero-order chi connectivity index (χ0) is 16.0. The lowest BCUT2D eigenvalue weighted by molar-refractivity contribution is 0.121. The monoisotopic (exact) mass is 296 g/mol. The quantitative estimate of drug-likeness (QED) is 0.733. The molecular weight excluding hydrogens is 268 g/mol. The van der Waals surface area contributed by atoms with E-state index < -0.39 is 0 Å². The summed E-state index contributed by atoms with van der Waals surface area (Å²) in [6.07, 6.45) is 4.90. The molecular formula is C21H28O. The van der Waals surface area contributed by atoms with Crippen molar-refractivity contribution in [3.8, 4) is 0 Å². The lowest BCUT2D eigenvalue weighted by atomic mass is 9.72. The molecule has 1 atom stereocenters. The van der Waals surface area contributed by atoms with Crippen LogP contribution >= 0.6 is 0 Å². The number of benzene rings is 1. The van der Waals surface area contributed by atoms with Gasteiger partial charge in [-0.2, -0.15) is 0 Å². The molecule has 1 aliphatic heterocycles. The third kappa shape index (κ3) is 2.79. The van der Waals surface area contributed by atoms with Gasteiger partial charge < -0.3 is 4.74 Å². The summed E-state index contributed by atoms with van der Waals surface area (Å²) in [4.78, 5) is 0. The fourth-order valence-corrected chi connectivity index (χ4v) is 4.40. The number of ether oxygens (including phenoxy) is 1.